The summed E-state index contributed by atoms with van der Waals surface area (Å²) in [6.07, 6.45) is -2.01. The molecule has 140 valence electrons. The molecule has 0 spiro atoms. The van der Waals surface area contributed by atoms with E-state index in [1.54, 1.807) is 24.3 Å². The van der Waals surface area contributed by atoms with Gasteiger partial charge in [-0.05, 0) is 55.0 Å². The molecule has 0 heterocycles. The molecule has 0 aliphatic carbocycles. The van der Waals surface area contributed by atoms with Crippen LogP contribution in [0.5, 0.6) is 11.5 Å². The number of benzene rings is 2. The van der Waals surface area contributed by atoms with Crippen molar-refractivity contribution in [2.45, 2.75) is 32.4 Å². The average Bonchev–Trinajstić information content (AvgIpc) is 2.60. The molecule has 0 saturated carbocycles. The second kappa shape index (κ2) is 9.12. The van der Waals surface area contributed by atoms with E-state index in [2.05, 4.69) is 12.2 Å². The Bertz CT molecular complexity index is 697. The number of halogens is 3. The molecule has 26 heavy (non-hydrogen) atoms. The van der Waals surface area contributed by atoms with Gasteiger partial charge in [-0.15, -0.1) is 0 Å². The molecule has 1 amide bonds. The van der Waals surface area contributed by atoms with Crippen LogP contribution in [-0.2, 0) is 6.18 Å². The molecule has 0 bridgehead atoms. The molecular formula is C19H20F3NO3. The van der Waals surface area contributed by atoms with Gasteiger partial charge in [0.2, 0.25) is 0 Å². The summed E-state index contributed by atoms with van der Waals surface area (Å²) < 4.78 is 48.1. The van der Waals surface area contributed by atoms with Gasteiger partial charge in [0, 0.05) is 5.69 Å². The van der Waals surface area contributed by atoms with Crippen molar-refractivity contribution in [1.29, 1.82) is 0 Å². The summed E-state index contributed by atoms with van der Waals surface area (Å²) >= 11 is 0. The molecule has 1 N–H and O–H groups in total. The lowest BCUT2D eigenvalue weighted by atomic mass is 10.2. The summed E-state index contributed by atoms with van der Waals surface area (Å²) in [6, 6.07) is 10.7. The Morgan fingerprint density at radius 3 is 2.15 bits per heavy atom. The minimum atomic E-state index is -4.42. The molecule has 0 unspecified atom stereocenters. The number of carbonyl (C=O) groups excluding carboxylic acids is 1. The predicted molar refractivity (Wildman–Crippen MR) is 92.6 cm³/mol. The van der Waals surface area contributed by atoms with Crippen molar-refractivity contribution in [2.75, 3.05) is 11.9 Å². The first-order valence-corrected chi connectivity index (χ1v) is 8.27. The van der Waals surface area contributed by atoms with Gasteiger partial charge in [0.15, 0.2) is 0 Å². The van der Waals surface area contributed by atoms with E-state index in [0.29, 0.717) is 18.1 Å². The Hall–Kier alpha value is -2.70. The number of unbranched alkanes of at least 4 members (excludes halogenated alkanes) is 2. The van der Waals surface area contributed by atoms with Gasteiger partial charge in [-0.2, -0.15) is 13.2 Å². The standard InChI is InChI=1S/C19H20F3NO3/c1-2-3-4-13-25-16-9-11-17(12-10-16)26-18(24)23-15-7-5-14(6-8-15)19(20,21)22/h5-12H,2-4,13H2,1H3,(H,23,24). The molecule has 4 nitrogen and oxygen atoms in total. The minimum Gasteiger partial charge on any atom is -0.494 e. The molecule has 2 aromatic carbocycles. The van der Waals surface area contributed by atoms with Crippen LogP contribution in [0.2, 0.25) is 0 Å². The van der Waals surface area contributed by atoms with Crippen molar-refractivity contribution < 1.29 is 27.4 Å². The van der Waals surface area contributed by atoms with Gasteiger partial charge in [-0.1, -0.05) is 19.8 Å². The van der Waals surface area contributed by atoms with Crippen molar-refractivity contribution in [3.63, 3.8) is 0 Å². The molecular weight excluding hydrogens is 347 g/mol. The monoisotopic (exact) mass is 367 g/mol. The number of hydrogen-bond acceptors (Lipinski definition) is 3. The fourth-order valence-corrected chi connectivity index (χ4v) is 2.14. The number of alkyl halides is 3. The first-order chi connectivity index (χ1) is 12.4. The molecule has 0 aromatic heterocycles. The van der Waals surface area contributed by atoms with Crippen molar-refractivity contribution in [3.8, 4) is 11.5 Å². The van der Waals surface area contributed by atoms with Gasteiger partial charge in [-0.25, -0.2) is 4.79 Å². The van der Waals surface area contributed by atoms with Gasteiger partial charge in [0.1, 0.15) is 11.5 Å². The lowest BCUT2D eigenvalue weighted by Gasteiger charge is -2.10. The van der Waals surface area contributed by atoms with Gasteiger partial charge in [0.25, 0.3) is 0 Å². The van der Waals surface area contributed by atoms with Gasteiger partial charge < -0.3 is 9.47 Å². The number of nitrogens with one attached hydrogen (secondary N) is 1. The number of rotatable bonds is 7. The Morgan fingerprint density at radius 1 is 0.962 bits per heavy atom. The van der Waals surface area contributed by atoms with Gasteiger partial charge >= 0.3 is 12.3 Å². The molecule has 0 atom stereocenters. The van der Waals surface area contributed by atoms with E-state index in [1.165, 1.54) is 0 Å². The topological polar surface area (TPSA) is 47.6 Å². The first kappa shape index (κ1) is 19.6. The van der Waals surface area contributed by atoms with Crippen molar-refractivity contribution in [3.05, 3.63) is 54.1 Å². The van der Waals surface area contributed by atoms with Crippen LogP contribution in [0.3, 0.4) is 0 Å². The lowest BCUT2D eigenvalue weighted by molar-refractivity contribution is -0.137. The highest BCUT2D eigenvalue weighted by Crippen LogP contribution is 2.29. The van der Waals surface area contributed by atoms with Crippen LogP contribution in [0.15, 0.2) is 48.5 Å². The summed E-state index contributed by atoms with van der Waals surface area (Å²) in [5.41, 5.74) is -0.579. The lowest BCUT2D eigenvalue weighted by Crippen LogP contribution is -2.16. The molecule has 2 rings (SSSR count). The highest BCUT2D eigenvalue weighted by Gasteiger charge is 2.30. The fraction of sp³-hybridized carbons (Fsp3) is 0.316. The number of anilines is 1. The maximum atomic E-state index is 12.5. The highest BCUT2D eigenvalue weighted by molar-refractivity contribution is 5.86. The van der Waals surface area contributed by atoms with Crippen LogP contribution in [-0.4, -0.2) is 12.7 Å². The van der Waals surface area contributed by atoms with Crippen LogP contribution >= 0.6 is 0 Å². The normalized spacial score (nSPS) is 11.1. The molecule has 0 radical (unpaired) electrons. The first-order valence-electron chi connectivity index (χ1n) is 8.27. The fourth-order valence-electron chi connectivity index (χ4n) is 2.14. The third-order valence-electron chi connectivity index (χ3n) is 3.51. The summed E-state index contributed by atoms with van der Waals surface area (Å²) in [4.78, 5) is 11.8. The smallest absolute Gasteiger partial charge is 0.417 e. The Kier molecular flexibility index (Phi) is 6.89. The van der Waals surface area contributed by atoms with Gasteiger partial charge in [-0.3, -0.25) is 5.32 Å². The zero-order valence-electron chi connectivity index (χ0n) is 14.3. The van der Waals surface area contributed by atoms with E-state index in [-0.39, 0.29) is 5.69 Å². The minimum absolute atomic E-state index is 0.207. The zero-order valence-corrected chi connectivity index (χ0v) is 14.3. The van der Waals surface area contributed by atoms with Crippen molar-refractivity contribution >= 4 is 11.8 Å². The molecule has 0 fully saturated rings. The third kappa shape index (κ3) is 6.31. The maximum Gasteiger partial charge on any atom is 0.417 e. The van der Waals surface area contributed by atoms with Crippen LogP contribution in [0.4, 0.5) is 23.7 Å². The zero-order chi connectivity index (χ0) is 19.0. The average molecular weight is 367 g/mol. The van der Waals surface area contributed by atoms with Crippen molar-refractivity contribution in [2.24, 2.45) is 0 Å². The summed E-state index contributed by atoms with van der Waals surface area (Å²) in [5, 5.41) is 2.37. The summed E-state index contributed by atoms with van der Waals surface area (Å²) in [5.74, 6) is 0.979. The van der Waals surface area contributed by atoms with E-state index >= 15 is 0 Å². The molecule has 2 aromatic rings. The second-order valence-corrected chi connectivity index (χ2v) is 5.62. The number of ether oxygens (including phenoxy) is 2. The van der Waals surface area contributed by atoms with E-state index < -0.39 is 17.8 Å². The third-order valence-corrected chi connectivity index (χ3v) is 3.51. The second-order valence-electron chi connectivity index (χ2n) is 5.62. The van der Waals surface area contributed by atoms with Crippen LogP contribution in [0.1, 0.15) is 31.7 Å². The van der Waals surface area contributed by atoms with Crippen LogP contribution in [0.25, 0.3) is 0 Å². The Labute approximate surface area is 149 Å². The number of hydrogen-bond donors (Lipinski definition) is 1. The number of carbonyl (C=O) groups is 1. The molecule has 0 aliphatic heterocycles. The SMILES string of the molecule is CCCCCOc1ccc(OC(=O)Nc2ccc(C(F)(F)F)cc2)cc1. The van der Waals surface area contributed by atoms with E-state index in [4.69, 9.17) is 9.47 Å². The summed E-state index contributed by atoms with van der Waals surface area (Å²) in [6.45, 7) is 2.74. The Balaban J connectivity index is 1.83. The van der Waals surface area contributed by atoms with E-state index in [9.17, 15) is 18.0 Å². The van der Waals surface area contributed by atoms with Gasteiger partial charge in [0.05, 0.1) is 12.2 Å². The van der Waals surface area contributed by atoms with Crippen molar-refractivity contribution in [1.82, 2.24) is 0 Å². The maximum absolute atomic E-state index is 12.5. The molecule has 0 aliphatic rings. The van der Waals surface area contributed by atoms with E-state index in [1.807, 2.05) is 0 Å². The molecule has 0 saturated heterocycles. The Morgan fingerprint density at radius 2 is 1.58 bits per heavy atom. The predicted octanol–water partition coefficient (Wildman–Crippen LogP) is 5.89. The van der Waals surface area contributed by atoms with Crippen LogP contribution in [0, 0.1) is 0 Å². The highest BCUT2D eigenvalue weighted by atomic mass is 19.4. The quantitative estimate of drug-likeness (QED) is 0.621. The summed E-state index contributed by atoms with van der Waals surface area (Å²) in [7, 11) is 0. The molecule has 7 heteroatoms. The largest absolute Gasteiger partial charge is 0.494 e. The number of amides is 1. The van der Waals surface area contributed by atoms with Crippen LogP contribution < -0.4 is 14.8 Å². The van der Waals surface area contributed by atoms with E-state index in [0.717, 1.165) is 43.5 Å².